The van der Waals surface area contributed by atoms with Crippen LogP contribution in [0.4, 0.5) is 5.82 Å². The van der Waals surface area contributed by atoms with Gasteiger partial charge in [-0.05, 0) is 12.1 Å². The van der Waals surface area contributed by atoms with E-state index in [1.165, 1.54) is 25.3 Å². The lowest BCUT2D eigenvalue weighted by molar-refractivity contribution is 0.0690. The van der Waals surface area contributed by atoms with Crippen LogP contribution in [0.1, 0.15) is 10.5 Å². The number of hydrogen-bond acceptors (Lipinski definition) is 6. The van der Waals surface area contributed by atoms with Crippen LogP contribution in [0.25, 0.3) is 0 Å². The van der Waals surface area contributed by atoms with Crippen LogP contribution in [-0.4, -0.2) is 36.6 Å². The number of anilines is 1. The number of benzene rings is 1. The summed E-state index contributed by atoms with van der Waals surface area (Å²) in [6.07, 6.45) is 0.936. The van der Waals surface area contributed by atoms with E-state index in [0.717, 1.165) is 6.20 Å². The molecule has 1 aromatic carbocycles. The van der Waals surface area contributed by atoms with Gasteiger partial charge in [-0.1, -0.05) is 29.3 Å². The van der Waals surface area contributed by atoms with E-state index in [9.17, 15) is 13.2 Å². The van der Waals surface area contributed by atoms with E-state index >= 15 is 0 Å². The number of nitrogens with zero attached hydrogens (tertiary/aromatic N) is 2. The standard InChI is InChI=1S/C12H9Cl2N3O5S/c1-22-11-10(16-7(5-15-11)12(18)19)17-23(20,21)8-4-2-3-6(13)9(8)14/h2-5H,1H3,(H,16,17)(H,18,19). The van der Waals surface area contributed by atoms with Gasteiger partial charge in [-0.25, -0.2) is 23.2 Å². The van der Waals surface area contributed by atoms with Gasteiger partial charge in [0.1, 0.15) is 4.90 Å². The first-order valence-electron chi connectivity index (χ1n) is 5.87. The van der Waals surface area contributed by atoms with E-state index in [4.69, 9.17) is 33.0 Å². The van der Waals surface area contributed by atoms with Crippen LogP contribution in [0.5, 0.6) is 5.88 Å². The van der Waals surface area contributed by atoms with Gasteiger partial charge >= 0.3 is 5.97 Å². The molecule has 1 aromatic heterocycles. The molecular weight excluding hydrogens is 369 g/mol. The number of carboxylic acids is 1. The average Bonchev–Trinajstić information content (AvgIpc) is 2.49. The Balaban J connectivity index is 2.50. The van der Waals surface area contributed by atoms with Crippen LogP contribution in [0.3, 0.4) is 0 Å². The van der Waals surface area contributed by atoms with Crippen molar-refractivity contribution in [1.29, 1.82) is 0 Å². The topological polar surface area (TPSA) is 118 Å². The molecule has 1 heterocycles. The molecule has 11 heteroatoms. The molecule has 0 saturated carbocycles. The van der Waals surface area contributed by atoms with Crippen LogP contribution >= 0.6 is 23.2 Å². The molecule has 2 N–H and O–H groups in total. The van der Waals surface area contributed by atoms with Crippen molar-refractivity contribution in [3.8, 4) is 5.88 Å². The first kappa shape index (κ1) is 17.3. The molecule has 0 fully saturated rings. The highest BCUT2D eigenvalue weighted by atomic mass is 35.5. The summed E-state index contributed by atoms with van der Waals surface area (Å²) in [5.74, 6) is -1.96. The summed E-state index contributed by atoms with van der Waals surface area (Å²) in [6, 6.07) is 4.06. The fourth-order valence-electron chi connectivity index (χ4n) is 1.57. The molecule has 0 aliphatic heterocycles. The number of aromatic carboxylic acids is 1. The SMILES string of the molecule is COc1ncc(C(=O)O)nc1NS(=O)(=O)c1cccc(Cl)c1Cl. The lowest BCUT2D eigenvalue weighted by atomic mass is 10.4. The van der Waals surface area contributed by atoms with Crippen LogP contribution in [0, 0.1) is 0 Å². The normalized spacial score (nSPS) is 11.1. The summed E-state index contributed by atoms with van der Waals surface area (Å²) < 4.78 is 31.7. The van der Waals surface area contributed by atoms with Gasteiger partial charge in [-0.2, -0.15) is 0 Å². The van der Waals surface area contributed by atoms with Crippen molar-refractivity contribution >= 4 is 45.0 Å². The van der Waals surface area contributed by atoms with Crippen molar-refractivity contribution in [3.05, 3.63) is 40.1 Å². The molecule has 0 amide bonds. The minimum atomic E-state index is -4.18. The first-order valence-corrected chi connectivity index (χ1v) is 8.11. The molecule has 8 nitrogen and oxygen atoms in total. The number of aromatic nitrogens is 2. The number of methoxy groups -OCH3 is 1. The largest absolute Gasteiger partial charge is 0.478 e. The molecular formula is C12H9Cl2N3O5S. The summed E-state index contributed by atoms with van der Waals surface area (Å²) in [6.45, 7) is 0. The maximum Gasteiger partial charge on any atom is 0.356 e. The number of hydrogen-bond donors (Lipinski definition) is 2. The second-order valence-electron chi connectivity index (χ2n) is 4.08. The highest BCUT2D eigenvalue weighted by Crippen LogP contribution is 2.31. The van der Waals surface area contributed by atoms with E-state index < -0.39 is 21.7 Å². The summed E-state index contributed by atoms with van der Waals surface area (Å²) in [5.41, 5.74) is -0.458. The van der Waals surface area contributed by atoms with E-state index in [2.05, 4.69) is 14.7 Å². The predicted octanol–water partition coefficient (Wildman–Crippen LogP) is 2.29. The van der Waals surface area contributed by atoms with E-state index in [0.29, 0.717) is 0 Å². The predicted molar refractivity (Wildman–Crippen MR) is 82.8 cm³/mol. The van der Waals surface area contributed by atoms with Crippen molar-refractivity contribution in [1.82, 2.24) is 9.97 Å². The molecule has 0 spiro atoms. The Hall–Kier alpha value is -2.10. The van der Waals surface area contributed by atoms with Gasteiger partial charge in [0.25, 0.3) is 15.9 Å². The lowest BCUT2D eigenvalue weighted by Crippen LogP contribution is -2.17. The third-order valence-electron chi connectivity index (χ3n) is 2.59. The van der Waals surface area contributed by atoms with Crippen molar-refractivity contribution in [2.45, 2.75) is 4.90 Å². The van der Waals surface area contributed by atoms with Crippen LogP contribution in [0.2, 0.25) is 10.0 Å². The van der Waals surface area contributed by atoms with Gasteiger partial charge in [0.05, 0.1) is 23.4 Å². The van der Waals surface area contributed by atoms with Crippen molar-refractivity contribution in [2.75, 3.05) is 11.8 Å². The second-order valence-corrected chi connectivity index (χ2v) is 6.51. The fraction of sp³-hybridized carbons (Fsp3) is 0.0833. The number of nitrogens with one attached hydrogen (secondary N) is 1. The minimum Gasteiger partial charge on any atom is -0.478 e. The summed E-state index contributed by atoms with van der Waals surface area (Å²) >= 11 is 11.7. The molecule has 122 valence electrons. The monoisotopic (exact) mass is 377 g/mol. The van der Waals surface area contributed by atoms with Crippen molar-refractivity contribution < 1.29 is 23.1 Å². The van der Waals surface area contributed by atoms with Crippen molar-refractivity contribution in [2.24, 2.45) is 0 Å². The number of rotatable bonds is 5. The van der Waals surface area contributed by atoms with E-state index in [-0.39, 0.29) is 26.6 Å². The Bertz CT molecular complexity index is 873. The molecule has 2 rings (SSSR count). The minimum absolute atomic E-state index is 0.0480. The molecule has 0 saturated heterocycles. The third-order valence-corrected chi connectivity index (χ3v) is 4.90. The molecule has 0 unspecified atom stereocenters. The molecule has 0 radical (unpaired) electrons. The third kappa shape index (κ3) is 3.63. The highest BCUT2D eigenvalue weighted by Gasteiger charge is 2.23. The Morgan fingerprint density at radius 1 is 1.35 bits per heavy atom. The molecule has 0 aliphatic carbocycles. The van der Waals surface area contributed by atoms with Gasteiger partial charge in [0.15, 0.2) is 5.69 Å². The summed E-state index contributed by atoms with van der Waals surface area (Å²) in [4.78, 5) is 18.0. The number of carbonyl (C=O) groups is 1. The Morgan fingerprint density at radius 3 is 2.65 bits per heavy atom. The zero-order valence-corrected chi connectivity index (χ0v) is 13.8. The number of sulfonamides is 1. The molecule has 2 aromatic rings. The van der Waals surface area contributed by atoms with Crippen molar-refractivity contribution in [3.63, 3.8) is 0 Å². The summed E-state index contributed by atoms with van der Waals surface area (Å²) in [7, 11) is -2.95. The zero-order chi connectivity index (χ0) is 17.2. The number of carboxylic acid groups (broad SMARTS) is 1. The van der Waals surface area contributed by atoms with Gasteiger partial charge in [-0.3, -0.25) is 4.72 Å². The molecule has 0 bridgehead atoms. The van der Waals surface area contributed by atoms with E-state index in [1.54, 1.807) is 0 Å². The van der Waals surface area contributed by atoms with Crippen LogP contribution in [0.15, 0.2) is 29.3 Å². The van der Waals surface area contributed by atoms with Gasteiger partial charge < -0.3 is 9.84 Å². The molecule has 0 atom stereocenters. The maximum atomic E-state index is 12.4. The van der Waals surface area contributed by atoms with Crippen LogP contribution in [-0.2, 0) is 10.0 Å². The second kappa shape index (κ2) is 6.57. The lowest BCUT2D eigenvalue weighted by Gasteiger charge is -2.12. The Kier molecular flexibility index (Phi) is 4.93. The fourth-order valence-corrected chi connectivity index (χ4v) is 3.33. The molecule has 23 heavy (non-hydrogen) atoms. The maximum absolute atomic E-state index is 12.4. The van der Waals surface area contributed by atoms with Gasteiger partial charge in [0, 0.05) is 0 Å². The highest BCUT2D eigenvalue weighted by molar-refractivity contribution is 7.92. The van der Waals surface area contributed by atoms with Gasteiger partial charge in [0.2, 0.25) is 5.82 Å². The number of ether oxygens (including phenoxy) is 1. The quantitative estimate of drug-likeness (QED) is 0.819. The zero-order valence-electron chi connectivity index (χ0n) is 11.4. The first-order chi connectivity index (χ1) is 10.8. The summed E-state index contributed by atoms with van der Waals surface area (Å²) in [5, 5.41) is 8.78. The van der Waals surface area contributed by atoms with Crippen LogP contribution < -0.4 is 9.46 Å². The Morgan fingerprint density at radius 2 is 2.04 bits per heavy atom. The molecule has 0 aliphatic rings. The Labute approximate surface area is 141 Å². The van der Waals surface area contributed by atoms with Gasteiger partial charge in [-0.15, -0.1) is 0 Å². The number of halogens is 2. The smallest absolute Gasteiger partial charge is 0.356 e. The average molecular weight is 378 g/mol. The van der Waals surface area contributed by atoms with E-state index in [1.807, 2.05) is 0 Å².